The van der Waals surface area contributed by atoms with Gasteiger partial charge in [0.2, 0.25) is 0 Å². The number of nitrogens with two attached hydrogens (primary N) is 2. The molecule has 0 atom stereocenters. The second kappa shape index (κ2) is 5.16. The minimum Gasteiger partial charge on any atom is -0.370 e. The van der Waals surface area contributed by atoms with Crippen LogP contribution in [0.5, 0.6) is 0 Å². The molecular weight excluding hydrogens is 164 g/mol. The molecule has 0 saturated carbocycles. The molecule has 0 amide bonds. The molecule has 70 valence electrons. The Bertz CT molecular complexity index is 264. The molecule has 0 aromatic heterocycles. The van der Waals surface area contributed by atoms with Crippen molar-refractivity contribution in [3.63, 3.8) is 0 Å². The first-order chi connectivity index (χ1) is 6.29. The summed E-state index contributed by atoms with van der Waals surface area (Å²) in [4.78, 5) is 3.80. The van der Waals surface area contributed by atoms with Crippen molar-refractivity contribution in [1.29, 1.82) is 0 Å². The van der Waals surface area contributed by atoms with Crippen LogP contribution in [0.25, 0.3) is 0 Å². The van der Waals surface area contributed by atoms with Crippen LogP contribution in [-0.2, 0) is 6.54 Å². The van der Waals surface area contributed by atoms with Crippen LogP contribution >= 0.6 is 0 Å². The van der Waals surface area contributed by atoms with Crippen LogP contribution < -0.4 is 16.8 Å². The third kappa shape index (κ3) is 4.12. The minimum atomic E-state index is 0.112. The second-order valence-electron chi connectivity index (χ2n) is 2.65. The standard InChI is InChI=1S/C9H14N4/c10-9(11)13-7-12-6-8-4-2-1-3-5-8/h1-5,12H,6-7H2,(H4,10,11,13). The van der Waals surface area contributed by atoms with Crippen molar-refractivity contribution in [2.45, 2.75) is 6.54 Å². The second-order valence-corrected chi connectivity index (χ2v) is 2.65. The SMILES string of the molecule is NC(N)=NCNCc1ccccc1. The van der Waals surface area contributed by atoms with Crippen molar-refractivity contribution in [3.8, 4) is 0 Å². The molecule has 0 aliphatic heterocycles. The molecule has 0 saturated heterocycles. The monoisotopic (exact) mass is 178 g/mol. The first-order valence-electron chi connectivity index (χ1n) is 4.09. The summed E-state index contributed by atoms with van der Waals surface area (Å²) in [5, 5.41) is 3.09. The fourth-order valence-corrected chi connectivity index (χ4v) is 0.943. The first-order valence-corrected chi connectivity index (χ1v) is 4.09. The predicted molar refractivity (Wildman–Crippen MR) is 54.0 cm³/mol. The predicted octanol–water partition coefficient (Wildman–Crippen LogP) is 0.00710. The zero-order chi connectivity index (χ0) is 9.52. The van der Waals surface area contributed by atoms with Gasteiger partial charge >= 0.3 is 0 Å². The van der Waals surface area contributed by atoms with Crippen molar-refractivity contribution in [1.82, 2.24) is 5.32 Å². The Hall–Kier alpha value is -1.55. The van der Waals surface area contributed by atoms with Gasteiger partial charge in [0.1, 0.15) is 0 Å². The maximum absolute atomic E-state index is 5.16. The fraction of sp³-hybridized carbons (Fsp3) is 0.222. The molecule has 0 aliphatic carbocycles. The van der Waals surface area contributed by atoms with Crippen LogP contribution in [0.3, 0.4) is 0 Å². The fourth-order valence-electron chi connectivity index (χ4n) is 0.943. The highest BCUT2D eigenvalue weighted by Crippen LogP contribution is 1.96. The van der Waals surface area contributed by atoms with Gasteiger partial charge in [0.15, 0.2) is 5.96 Å². The molecule has 1 aromatic carbocycles. The Morgan fingerprint density at radius 3 is 2.54 bits per heavy atom. The van der Waals surface area contributed by atoms with Crippen molar-refractivity contribution in [2.75, 3.05) is 6.67 Å². The zero-order valence-electron chi connectivity index (χ0n) is 7.40. The Morgan fingerprint density at radius 1 is 1.23 bits per heavy atom. The Kier molecular flexibility index (Phi) is 3.78. The summed E-state index contributed by atoms with van der Waals surface area (Å²) < 4.78 is 0. The van der Waals surface area contributed by atoms with E-state index in [1.807, 2.05) is 30.3 Å². The number of benzene rings is 1. The van der Waals surface area contributed by atoms with Gasteiger partial charge in [-0.25, -0.2) is 4.99 Å². The van der Waals surface area contributed by atoms with Gasteiger partial charge in [0.05, 0.1) is 6.67 Å². The highest BCUT2D eigenvalue weighted by Gasteiger charge is 1.88. The summed E-state index contributed by atoms with van der Waals surface area (Å²) in [6.45, 7) is 1.23. The summed E-state index contributed by atoms with van der Waals surface area (Å²) in [5.74, 6) is 0.112. The van der Waals surface area contributed by atoms with Gasteiger partial charge < -0.3 is 11.5 Å². The zero-order valence-corrected chi connectivity index (χ0v) is 7.40. The third-order valence-electron chi connectivity index (χ3n) is 1.55. The molecule has 0 bridgehead atoms. The van der Waals surface area contributed by atoms with Gasteiger partial charge in [0, 0.05) is 6.54 Å². The normalized spacial score (nSPS) is 9.54. The summed E-state index contributed by atoms with van der Waals surface area (Å²) in [6, 6.07) is 10.1. The van der Waals surface area contributed by atoms with Gasteiger partial charge in [0.25, 0.3) is 0 Å². The molecule has 0 radical (unpaired) electrons. The first kappa shape index (κ1) is 9.54. The van der Waals surface area contributed by atoms with Gasteiger partial charge in [-0.2, -0.15) is 0 Å². The van der Waals surface area contributed by atoms with Crippen LogP contribution in [0.1, 0.15) is 5.56 Å². The van der Waals surface area contributed by atoms with E-state index >= 15 is 0 Å². The molecule has 0 heterocycles. The number of nitrogens with one attached hydrogen (secondary N) is 1. The lowest BCUT2D eigenvalue weighted by atomic mass is 10.2. The van der Waals surface area contributed by atoms with Crippen LogP contribution in [0.15, 0.2) is 35.3 Å². The van der Waals surface area contributed by atoms with E-state index in [1.165, 1.54) is 5.56 Å². The lowest BCUT2D eigenvalue weighted by Gasteiger charge is -2.01. The van der Waals surface area contributed by atoms with Crippen molar-refractivity contribution < 1.29 is 0 Å². The molecule has 0 unspecified atom stereocenters. The van der Waals surface area contributed by atoms with E-state index in [1.54, 1.807) is 0 Å². The summed E-state index contributed by atoms with van der Waals surface area (Å²) in [5.41, 5.74) is 11.5. The molecule has 0 aliphatic rings. The highest BCUT2D eigenvalue weighted by atomic mass is 15.1. The molecular formula is C9H14N4. The van der Waals surface area contributed by atoms with E-state index in [0.29, 0.717) is 6.67 Å². The number of guanidine groups is 1. The van der Waals surface area contributed by atoms with Crippen LogP contribution in [0, 0.1) is 0 Å². The minimum absolute atomic E-state index is 0.112. The molecule has 5 N–H and O–H groups in total. The molecule has 13 heavy (non-hydrogen) atoms. The van der Waals surface area contributed by atoms with E-state index in [4.69, 9.17) is 11.5 Å². The average Bonchev–Trinajstić information content (AvgIpc) is 2.14. The highest BCUT2D eigenvalue weighted by molar-refractivity contribution is 5.75. The van der Waals surface area contributed by atoms with Crippen LogP contribution in [0.4, 0.5) is 0 Å². The quantitative estimate of drug-likeness (QED) is 0.345. The van der Waals surface area contributed by atoms with Gasteiger partial charge in [-0.05, 0) is 5.56 Å². The van der Waals surface area contributed by atoms with E-state index in [-0.39, 0.29) is 5.96 Å². The maximum atomic E-state index is 5.16. The number of rotatable bonds is 4. The van der Waals surface area contributed by atoms with Crippen molar-refractivity contribution in [2.24, 2.45) is 16.5 Å². The number of nitrogens with zero attached hydrogens (tertiary/aromatic N) is 1. The van der Waals surface area contributed by atoms with Gasteiger partial charge in [-0.3, -0.25) is 5.32 Å². The molecule has 4 heteroatoms. The maximum Gasteiger partial charge on any atom is 0.187 e. The van der Waals surface area contributed by atoms with Crippen LogP contribution in [0.2, 0.25) is 0 Å². The summed E-state index contributed by atoms with van der Waals surface area (Å²) in [7, 11) is 0. The van der Waals surface area contributed by atoms with Crippen molar-refractivity contribution >= 4 is 5.96 Å². The molecule has 0 spiro atoms. The molecule has 0 fully saturated rings. The van der Waals surface area contributed by atoms with Gasteiger partial charge in [-0.15, -0.1) is 0 Å². The molecule has 1 aromatic rings. The van der Waals surface area contributed by atoms with Crippen molar-refractivity contribution in [3.05, 3.63) is 35.9 Å². The van der Waals surface area contributed by atoms with E-state index in [9.17, 15) is 0 Å². The smallest absolute Gasteiger partial charge is 0.187 e. The summed E-state index contributed by atoms with van der Waals surface area (Å²) in [6.07, 6.45) is 0. The topological polar surface area (TPSA) is 76.4 Å². The average molecular weight is 178 g/mol. The number of hydrogen-bond acceptors (Lipinski definition) is 2. The molecule has 4 nitrogen and oxygen atoms in total. The summed E-state index contributed by atoms with van der Waals surface area (Å²) >= 11 is 0. The third-order valence-corrected chi connectivity index (χ3v) is 1.55. The lowest BCUT2D eigenvalue weighted by Crippen LogP contribution is -2.25. The Morgan fingerprint density at radius 2 is 1.92 bits per heavy atom. The van der Waals surface area contributed by atoms with E-state index < -0.39 is 0 Å². The largest absolute Gasteiger partial charge is 0.370 e. The number of hydrogen-bond donors (Lipinski definition) is 3. The lowest BCUT2D eigenvalue weighted by molar-refractivity contribution is 0.709. The van der Waals surface area contributed by atoms with Crippen LogP contribution in [-0.4, -0.2) is 12.6 Å². The Balaban J connectivity index is 2.25. The van der Waals surface area contributed by atoms with Gasteiger partial charge in [-0.1, -0.05) is 30.3 Å². The molecule has 1 rings (SSSR count). The Labute approximate surface area is 77.7 Å². The van der Waals surface area contributed by atoms with E-state index in [0.717, 1.165) is 6.54 Å². The van der Waals surface area contributed by atoms with E-state index in [2.05, 4.69) is 10.3 Å². The number of aliphatic imine (C=N–C) groups is 1.